The van der Waals surface area contributed by atoms with Gasteiger partial charge in [-0.15, -0.1) is 0 Å². The molecule has 4 nitrogen and oxygen atoms in total. The second kappa shape index (κ2) is 6.01. The van der Waals surface area contributed by atoms with E-state index in [0.29, 0.717) is 17.2 Å². The first kappa shape index (κ1) is 15.9. The zero-order valence-corrected chi connectivity index (χ0v) is 15.2. The first-order valence-corrected chi connectivity index (χ1v) is 8.95. The van der Waals surface area contributed by atoms with Crippen molar-refractivity contribution in [2.45, 2.75) is 31.7 Å². The molecule has 0 spiro atoms. The summed E-state index contributed by atoms with van der Waals surface area (Å²) < 4.78 is 0. The summed E-state index contributed by atoms with van der Waals surface area (Å²) in [6.45, 7) is 4.15. The van der Waals surface area contributed by atoms with Gasteiger partial charge in [0.25, 0.3) is 0 Å². The van der Waals surface area contributed by atoms with Crippen molar-refractivity contribution in [2.24, 2.45) is 0 Å². The third-order valence-corrected chi connectivity index (χ3v) is 5.54. The standard InChI is InChI=1S/C19H23ClN4/c1-12-4-6-13(7-5-12)15-8-9-16-17(15)21-19(20)22-18(16)24-10-14(11-24)23(2)3/h4-7,14-15H,8-11H2,1-3H3. The fourth-order valence-corrected chi connectivity index (χ4v) is 3.93. The first-order valence-electron chi connectivity index (χ1n) is 8.57. The lowest BCUT2D eigenvalue weighted by atomic mass is 9.96. The molecule has 0 bridgehead atoms. The van der Waals surface area contributed by atoms with Crippen molar-refractivity contribution in [3.05, 3.63) is 51.9 Å². The highest BCUT2D eigenvalue weighted by atomic mass is 35.5. The second-order valence-electron chi connectivity index (χ2n) is 7.20. The Morgan fingerprint density at radius 2 is 1.83 bits per heavy atom. The van der Waals surface area contributed by atoms with Gasteiger partial charge >= 0.3 is 0 Å². The minimum Gasteiger partial charge on any atom is -0.353 e. The average molecular weight is 343 g/mol. The summed E-state index contributed by atoms with van der Waals surface area (Å²) in [6.07, 6.45) is 2.12. The molecule has 1 saturated heterocycles. The van der Waals surface area contributed by atoms with Crippen molar-refractivity contribution in [3.8, 4) is 0 Å². The van der Waals surface area contributed by atoms with Crippen LogP contribution in [0.4, 0.5) is 5.82 Å². The number of aromatic nitrogens is 2. The van der Waals surface area contributed by atoms with Gasteiger partial charge in [0, 0.05) is 30.6 Å². The maximum atomic E-state index is 6.27. The van der Waals surface area contributed by atoms with E-state index in [1.165, 1.54) is 16.7 Å². The number of anilines is 1. The Hall–Kier alpha value is -1.65. The monoisotopic (exact) mass is 342 g/mol. The molecule has 0 radical (unpaired) electrons. The molecule has 1 aromatic heterocycles. The van der Waals surface area contributed by atoms with Crippen molar-refractivity contribution >= 4 is 17.4 Å². The van der Waals surface area contributed by atoms with E-state index >= 15 is 0 Å². The molecule has 0 saturated carbocycles. The Morgan fingerprint density at radius 3 is 2.50 bits per heavy atom. The largest absolute Gasteiger partial charge is 0.353 e. The Kier molecular flexibility index (Phi) is 3.97. The van der Waals surface area contributed by atoms with E-state index in [4.69, 9.17) is 11.6 Å². The van der Waals surface area contributed by atoms with E-state index in [1.807, 2.05) is 0 Å². The molecule has 0 amide bonds. The number of likely N-dealkylation sites (N-methyl/N-ethyl adjacent to an activating group) is 1. The predicted octanol–water partition coefficient (Wildman–Crippen LogP) is 3.27. The second-order valence-corrected chi connectivity index (χ2v) is 7.54. The smallest absolute Gasteiger partial charge is 0.224 e. The minimum absolute atomic E-state index is 0.339. The lowest BCUT2D eigenvalue weighted by molar-refractivity contribution is 0.246. The van der Waals surface area contributed by atoms with Gasteiger partial charge in [-0.1, -0.05) is 29.8 Å². The zero-order valence-electron chi connectivity index (χ0n) is 14.5. The van der Waals surface area contributed by atoms with Gasteiger partial charge in [-0.25, -0.2) is 9.97 Å². The molecule has 4 rings (SSSR count). The van der Waals surface area contributed by atoms with Gasteiger partial charge in [-0.3, -0.25) is 0 Å². The Morgan fingerprint density at radius 1 is 1.12 bits per heavy atom. The van der Waals surface area contributed by atoms with Gasteiger partial charge in [-0.2, -0.15) is 0 Å². The summed E-state index contributed by atoms with van der Waals surface area (Å²) >= 11 is 6.27. The van der Waals surface area contributed by atoms with Crippen LogP contribution in [0.1, 0.15) is 34.7 Å². The molecule has 0 N–H and O–H groups in total. The van der Waals surface area contributed by atoms with Crippen LogP contribution < -0.4 is 4.90 Å². The molecule has 1 atom stereocenters. The van der Waals surface area contributed by atoms with E-state index < -0.39 is 0 Å². The van der Waals surface area contributed by atoms with Crippen LogP contribution >= 0.6 is 11.6 Å². The minimum atomic E-state index is 0.339. The number of fused-ring (bicyclic) bond motifs is 1. The highest BCUT2D eigenvalue weighted by Gasteiger charge is 2.35. The van der Waals surface area contributed by atoms with Crippen LogP contribution in [-0.2, 0) is 6.42 Å². The van der Waals surface area contributed by atoms with Crippen LogP contribution in [0, 0.1) is 6.92 Å². The fourth-order valence-electron chi connectivity index (χ4n) is 3.75. The van der Waals surface area contributed by atoms with Crippen LogP contribution in [-0.4, -0.2) is 48.1 Å². The molecule has 126 valence electrons. The molecule has 1 fully saturated rings. The van der Waals surface area contributed by atoms with Crippen molar-refractivity contribution in [1.82, 2.24) is 14.9 Å². The number of benzene rings is 1. The number of hydrogen-bond acceptors (Lipinski definition) is 4. The first-order chi connectivity index (χ1) is 11.5. The van der Waals surface area contributed by atoms with Crippen LogP contribution in [0.15, 0.2) is 24.3 Å². The van der Waals surface area contributed by atoms with Gasteiger partial charge in [0.2, 0.25) is 5.28 Å². The van der Waals surface area contributed by atoms with Crippen LogP contribution in [0.5, 0.6) is 0 Å². The lowest BCUT2D eigenvalue weighted by Crippen LogP contribution is -2.58. The number of nitrogens with zero attached hydrogens (tertiary/aromatic N) is 4. The van der Waals surface area contributed by atoms with Crippen LogP contribution in [0.2, 0.25) is 5.28 Å². The Balaban J connectivity index is 1.66. The van der Waals surface area contributed by atoms with Crippen LogP contribution in [0.25, 0.3) is 0 Å². The lowest BCUT2D eigenvalue weighted by Gasteiger charge is -2.44. The zero-order chi connectivity index (χ0) is 16.8. The van der Waals surface area contributed by atoms with E-state index in [2.05, 4.69) is 65.1 Å². The van der Waals surface area contributed by atoms with Gasteiger partial charge in [0.15, 0.2) is 0 Å². The van der Waals surface area contributed by atoms with Gasteiger partial charge in [-0.05, 0) is 51.0 Å². The molecular formula is C19H23ClN4. The molecular weight excluding hydrogens is 320 g/mol. The van der Waals surface area contributed by atoms with Crippen molar-refractivity contribution in [2.75, 3.05) is 32.1 Å². The maximum Gasteiger partial charge on any atom is 0.224 e. The number of hydrogen-bond donors (Lipinski definition) is 0. The highest BCUT2D eigenvalue weighted by Crippen LogP contribution is 2.42. The average Bonchev–Trinajstić information content (AvgIpc) is 2.89. The van der Waals surface area contributed by atoms with Gasteiger partial charge in [0.1, 0.15) is 5.82 Å². The summed E-state index contributed by atoms with van der Waals surface area (Å²) in [5, 5.41) is 0.371. The SMILES string of the molecule is Cc1ccc(C2CCc3c2nc(Cl)nc3N2CC(N(C)C)C2)cc1. The molecule has 5 heteroatoms. The van der Waals surface area contributed by atoms with E-state index in [9.17, 15) is 0 Å². The van der Waals surface area contributed by atoms with Crippen LogP contribution in [0.3, 0.4) is 0 Å². The number of rotatable bonds is 3. The highest BCUT2D eigenvalue weighted by molar-refractivity contribution is 6.28. The van der Waals surface area contributed by atoms with E-state index in [1.54, 1.807) is 0 Å². The van der Waals surface area contributed by atoms with Crippen molar-refractivity contribution in [1.29, 1.82) is 0 Å². The van der Waals surface area contributed by atoms with Gasteiger partial charge < -0.3 is 9.80 Å². The van der Waals surface area contributed by atoms with Gasteiger partial charge in [0.05, 0.1) is 5.69 Å². The molecule has 24 heavy (non-hydrogen) atoms. The summed E-state index contributed by atoms with van der Waals surface area (Å²) in [5.74, 6) is 1.39. The molecule has 2 aliphatic rings. The Bertz CT molecular complexity index is 751. The third-order valence-electron chi connectivity index (χ3n) is 5.37. The predicted molar refractivity (Wildman–Crippen MR) is 98.1 cm³/mol. The Labute approximate surface area is 148 Å². The fraction of sp³-hybridized carbons (Fsp3) is 0.474. The summed E-state index contributed by atoms with van der Waals surface area (Å²) in [7, 11) is 4.26. The van der Waals surface area contributed by atoms with E-state index in [0.717, 1.165) is 37.4 Å². The quantitative estimate of drug-likeness (QED) is 0.801. The molecule has 2 heterocycles. The normalized spacial score (nSPS) is 20.4. The molecule has 1 unspecified atom stereocenters. The summed E-state index contributed by atoms with van der Waals surface area (Å²) in [4.78, 5) is 13.8. The molecule has 2 aromatic rings. The topological polar surface area (TPSA) is 32.3 Å². The summed E-state index contributed by atoms with van der Waals surface area (Å²) in [6, 6.07) is 9.39. The van der Waals surface area contributed by atoms with E-state index in [-0.39, 0.29) is 0 Å². The molecule has 1 aliphatic carbocycles. The maximum absolute atomic E-state index is 6.27. The summed E-state index contributed by atoms with van der Waals surface area (Å²) in [5.41, 5.74) is 5.04. The number of halogens is 1. The van der Waals surface area contributed by atoms with Crippen molar-refractivity contribution < 1.29 is 0 Å². The number of aryl methyl sites for hydroxylation is 1. The third kappa shape index (κ3) is 2.68. The molecule has 1 aliphatic heterocycles. The molecule has 1 aromatic carbocycles. The van der Waals surface area contributed by atoms with Crippen molar-refractivity contribution in [3.63, 3.8) is 0 Å².